The molecule has 6 heteroatoms. The lowest BCUT2D eigenvalue weighted by Crippen LogP contribution is -2.25. The summed E-state index contributed by atoms with van der Waals surface area (Å²) in [4.78, 5) is 14.6. The Morgan fingerprint density at radius 1 is 1.08 bits per heavy atom. The second-order valence-corrected chi connectivity index (χ2v) is 5.96. The van der Waals surface area contributed by atoms with Crippen molar-refractivity contribution in [1.29, 1.82) is 0 Å². The van der Waals surface area contributed by atoms with Crippen LogP contribution in [-0.2, 0) is 4.79 Å². The van der Waals surface area contributed by atoms with Gasteiger partial charge in [0, 0.05) is 34.5 Å². The molecule has 0 bridgehead atoms. The molecule has 0 amide bonds. The zero-order valence-electron chi connectivity index (χ0n) is 12.4. The van der Waals surface area contributed by atoms with E-state index in [1.807, 2.05) is 24.3 Å². The zero-order valence-corrected chi connectivity index (χ0v) is 13.2. The molecule has 0 saturated heterocycles. The maximum absolute atomic E-state index is 12.8. The molecule has 1 N–H and O–H groups in total. The van der Waals surface area contributed by atoms with E-state index in [2.05, 4.69) is 4.98 Å². The van der Waals surface area contributed by atoms with Crippen LogP contribution >= 0.6 is 11.6 Å². The number of nitrogens with one attached hydrogen (secondary N) is 1. The lowest BCUT2D eigenvalue weighted by molar-refractivity contribution is -0.171. The Labute approximate surface area is 141 Å². The first-order chi connectivity index (χ1) is 11.4. The molecule has 0 aliphatic rings. The molecule has 3 aromatic rings. The predicted molar refractivity (Wildman–Crippen MR) is 87.3 cm³/mol. The van der Waals surface area contributed by atoms with Gasteiger partial charge in [-0.1, -0.05) is 41.9 Å². The Kier molecular flexibility index (Phi) is 4.37. The molecule has 24 heavy (non-hydrogen) atoms. The van der Waals surface area contributed by atoms with E-state index in [0.29, 0.717) is 16.1 Å². The van der Waals surface area contributed by atoms with Crippen LogP contribution in [0.15, 0.2) is 54.7 Å². The normalized spacial score (nSPS) is 13.2. The van der Waals surface area contributed by atoms with Crippen molar-refractivity contribution >= 4 is 28.3 Å². The zero-order chi connectivity index (χ0) is 17.3. The molecule has 124 valence electrons. The molecule has 2 aromatic carbocycles. The first-order valence-corrected chi connectivity index (χ1v) is 7.65. The fraction of sp³-hybridized carbons (Fsp3) is 0.167. The highest BCUT2D eigenvalue weighted by atomic mass is 35.5. The third-order valence-electron chi connectivity index (χ3n) is 3.97. The van der Waals surface area contributed by atoms with Crippen LogP contribution in [0.2, 0.25) is 5.02 Å². The van der Waals surface area contributed by atoms with Crippen LogP contribution in [0, 0.1) is 0 Å². The molecular formula is C18H13ClF3NO. The molecule has 0 fully saturated rings. The first kappa shape index (κ1) is 16.6. The number of aromatic nitrogens is 1. The predicted octanol–water partition coefficient (Wildman–Crippen LogP) is 5.47. The summed E-state index contributed by atoms with van der Waals surface area (Å²) in [7, 11) is 0. The van der Waals surface area contributed by atoms with Gasteiger partial charge in [0.2, 0.25) is 5.78 Å². The van der Waals surface area contributed by atoms with Crippen LogP contribution in [-0.4, -0.2) is 16.9 Å². The highest BCUT2D eigenvalue weighted by Gasteiger charge is 2.40. The van der Waals surface area contributed by atoms with Crippen LogP contribution in [0.3, 0.4) is 0 Å². The highest BCUT2D eigenvalue weighted by molar-refractivity contribution is 6.30. The number of H-pyrrole nitrogens is 1. The van der Waals surface area contributed by atoms with Gasteiger partial charge >= 0.3 is 6.18 Å². The van der Waals surface area contributed by atoms with E-state index >= 15 is 0 Å². The van der Waals surface area contributed by atoms with E-state index < -0.39 is 24.3 Å². The first-order valence-electron chi connectivity index (χ1n) is 7.28. The summed E-state index contributed by atoms with van der Waals surface area (Å²) in [6.07, 6.45) is -3.84. The highest BCUT2D eigenvalue weighted by Crippen LogP contribution is 2.36. The summed E-state index contributed by atoms with van der Waals surface area (Å²) < 4.78 is 38.3. The monoisotopic (exact) mass is 351 g/mol. The van der Waals surface area contributed by atoms with Gasteiger partial charge in [-0.2, -0.15) is 13.2 Å². The summed E-state index contributed by atoms with van der Waals surface area (Å²) in [6, 6.07) is 13.8. The molecule has 0 spiro atoms. The van der Waals surface area contributed by atoms with Crippen LogP contribution in [0.25, 0.3) is 10.9 Å². The number of Topliss-reactive ketones (excluding diaryl/α,β-unsaturated/α-hetero) is 1. The quantitative estimate of drug-likeness (QED) is 0.663. The minimum Gasteiger partial charge on any atom is -0.361 e. The van der Waals surface area contributed by atoms with Gasteiger partial charge in [-0.3, -0.25) is 4.79 Å². The minimum atomic E-state index is -4.85. The van der Waals surface area contributed by atoms with Gasteiger partial charge in [-0.25, -0.2) is 0 Å². The number of fused-ring (bicyclic) bond motifs is 1. The van der Waals surface area contributed by atoms with E-state index in [-0.39, 0.29) is 0 Å². The lowest BCUT2D eigenvalue weighted by atomic mass is 9.87. The minimum absolute atomic E-state index is 0.485. The molecule has 0 aliphatic carbocycles. The number of rotatable bonds is 4. The molecule has 2 nitrogen and oxygen atoms in total. The number of alkyl halides is 3. The molecule has 0 unspecified atom stereocenters. The Morgan fingerprint density at radius 2 is 1.75 bits per heavy atom. The maximum atomic E-state index is 12.8. The summed E-state index contributed by atoms with van der Waals surface area (Å²) in [6.45, 7) is 0. The fourth-order valence-electron chi connectivity index (χ4n) is 2.79. The number of carbonyl (C=O) groups is 1. The van der Waals surface area contributed by atoms with Crippen LogP contribution in [0.5, 0.6) is 0 Å². The van der Waals surface area contributed by atoms with Gasteiger partial charge in [0.1, 0.15) is 0 Å². The van der Waals surface area contributed by atoms with Gasteiger partial charge in [-0.15, -0.1) is 0 Å². The van der Waals surface area contributed by atoms with E-state index in [1.165, 1.54) is 0 Å². The number of hydrogen-bond acceptors (Lipinski definition) is 1. The van der Waals surface area contributed by atoms with Gasteiger partial charge in [0.05, 0.1) is 0 Å². The van der Waals surface area contributed by atoms with Gasteiger partial charge < -0.3 is 4.98 Å². The smallest absolute Gasteiger partial charge is 0.361 e. The summed E-state index contributed by atoms with van der Waals surface area (Å²) >= 11 is 5.86. The van der Waals surface area contributed by atoms with Gasteiger partial charge in [-0.05, 0) is 29.3 Å². The Bertz CT molecular complexity index is 868. The SMILES string of the molecule is O=C(C[C@@H](c1ccc(Cl)cc1)c1c[nH]c2ccccc12)C(F)(F)F. The average molecular weight is 352 g/mol. The molecule has 0 saturated carbocycles. The van der Waals surface area contributed by atoms with Crippen molar-refractivity contribution in [2.24, 2.45) is 0 Å². The lowest BCUT2D eigenvalue weighted by Gasteiger charge is -2.17. The molecule has 1 aromatic heterocycles. The number of ketones is 1. The second-order valence-electron chi connectivity index (χ2n) is 5.52. The molecule has 1 atom stereocenters. The van der Waals surface area contributed by atoms with E-state index in [4.69, 9.17) is 11.6 Å². The summed E-state index contributed by atoms with van der Waals surface area (Å²) in [5.41, 5.74) is 2.08. The number of carbonyl (C=O) groups excluding carboxylic acids is 1. The molecule has 0 aliphatic heterocycles. The van der Waals surface area contributed by atoms with Crippen LogP contribution < -0.4 is 0 Å². The third-order valence-corrected chi connectivity index (χ3v) is 4.23. The van der Waals surface area contributed by atoms with Crippen LogP contribution in [0.1, 0.15) is 23.5 Å². The Balaban J connectivity index is 2.08. The van der Waals surface area contributed by atoms with E-state index in [1.54, 1.807) is 30.5 Å². The number of benzene rings is 2. The van der Waals surface area contributed by atoms with Crippen molar-refractivity contribution in [3.8, 4) is 0 Å². The molecule has 1 heterocycles. The summed E-state index contributed by atoms with van der Waals surface area (Å²) in [5.74, 6) is -2.44. The third kappa shape index (κ3) is 3.31. The van der Waals surface area contributed by atoms with E-state index in [0.717, 1.165) is 10.9 Å². The largest absolute Gasteiger partial charge is 0.450 e. The van der Waals surface area contributed by atoms with Crippen molar-refractivity contribution in [2.45, 2.75) is 18.5 Å². The number of hydrogen-bond donors (Lipinski definition) is 1. The summed E-state index contributed by atoms with van der Waals surface area (Å²) in [5, 5.41) is 1.28. The van der Waals surface area contributed by atoms with Crippen molar-refractivity contribution < 1.29 is 18.0 Å². The maximum Gasteiger partial charge on any atom is 0.450 e. The van der Waals surface area contributed by atoms with Crippen molar-refractivity contribution in [2.75, 3.05) is 0 Å². The number of aromatic amines is 1. The van der Waals surface area contributed by atoms with Crippen molar-refractivity contribution in [3.63, 3.8) is 0 Å². The standard InChI is InChI=1S/C18H13ClF3NO/c19-12-7-5-11(6-8-12)14(9-17(24)18(20,21)22)15-10-23-16-4-2-1-3-13(15)16/h1-8,10,14,23H,9H2/t14-/m0/s1. The topological polar surface area (TPSA) is 32.9 Å². The van der Waals surface area contributed by atoms with Gasteiger partial charge in [0.25, 0.3) is 0 Å². The van der Waals surface area contributed by atoms with Crippen molar-refractivity contribution in [3.05, 3.63) is 70.9 Å². The Morgan fingerprint density at radius 3 is 2.42 bits per heavy atom. The van der Waals surface area contributed by atoms with Gasteiger partial charge in [0.15, 0.2) is 0 Å². The molecular weight excluding hydrogens is 339 g/mol. The molecule has 0 radical (unpaired) electrons. The second kappa shape index (κ2) is 6.32. The Hall–Kier alpha value is -2.27. The average Bonchev–Trinajstić information content (AvgIpc) is 2.96. The van der Waals surface area contributed by atoms with Crippen LogP contribution in [0.4, 0.5) is 13.2 Å². The molecule has 3 rings (SSSR count). The number of para-hydroxylation sites is 1. The van der Waals surface area contributed by atoms with Crippen molar-refractivity contribution in [1.82, 2.24) is 4.98 Å². The number of halogens is 4. The van der Waals surface area contributed by atoms with E-state index in [9.17, 15) is 18.0 Å². The fourth-order valence-corrected chi connectivity index (χ4v) is 2.91.